The molecule has 0 bridgehead atoms. The van der Waals surface area contributed by atoms with E-state index in [2.05, 4.69) is 6.92 Å². The maximum absolute atomic E-state index is 12.6. The summed E-state index contributed by atoms with van der Waals surface area (Å²) in [5, 5.41) is 5.11. The van der Waals surface area contributed by atoms with E-state index in [0.717, 1.165) is 38.8 Å². The molecule has 2 N–H and O–H groups in total. The second kappa shape index (κ2) is 6.19. The van der Waals surface area contributed by atoms with Gasteiger partial charge in [0, 0.05) is 26.3 Å². The first-order chi connectivity index (χ1) is 9.82. The molecular formula is C14H23N3O3S. The van der Waals surface area contributed by atoms with Crippen molar-refractivity contribution in [2.24, 2.45) is 18.1 Å². The van der Waals surface area contributed by atoms with Crippen molar-refractivity contribution in [1.82, 2.24) is 9.47 Å². The van der Waals surface area contributed by atoms with Gasteiger partial charge in [-0.2, -0.15) is 0 Å². The Kier molecular flexibility index (Phi) is 4.73. The summed E-state index contributed by atoms with van der Waals surface area (Å²) in [4.78, 5) is 14.4. The molecule has 2 rings (SSSR count). The van der Waals surface area contributed by atoms with Gasteiger partial charge in [0.2, 0.25) is 10.0 Å². The average molecular weight is 313 g/mol. The number of rotatable bonds is 3. The van der Waals surface area contributed by atoms with Crippen LogP contribution >= 0.6 is 0 Å². The maximum atomic E-state index is 12.6. The fraction of sp³-hybridized carbons (Fsp3) is 0.643. The Morgan fingerprint density at radius 2 is 2.10 bits per heavy atom. The first kappa shape index (κ1) is 16.0. The standard InChI is InChI=1S/C14H23N3O3S/c1-3-11-5-4-7-17(8-6-11)14(18)13-9-12(10-16(13)2)21(15,19)20/h9-11H,3-8H2,1-2H3,(H2,15,19,20). The van der Waals surface area contributed by atoms with Crippen LogP contribution in [0.25, 0.3) is 0 Å². The van der Waals surface area contributed by atoms with Gasteiger partial charge in [0.15, 0.2) is 0 Å². The zero-order chi connectivity index (χ0) is 15.6. The first-order valence-electron chi connectivity index (χ1n) is 7.31. The molecule has 2 heterocycles. The molecule has 21 heavy (non-hydrogen) atoms. The molecule has 0 aliphatic carbocycles. The van der Waals surface area contributed by atoms with Crippen LogP contribution in [0.1, 0.15) is 43.1 Å². The highest BCUT2D eigenvalue weighted by atomic mass is 32.2. The van der Waals surface area contributed by atoms with Gasteiger partial charge in [-0.25, -0.2) is 13.6 Å². The summed E-state index contributed by atoms with van der Waals surface area (Å²) in [5.74, 6) is 0.556. The zero-order valence-electron chi connectivity index (χ0n) is 12.6. The van der Waals surface area contributed by atoms with Crippen LogP contribution in [-0.4, -0.2) is 36.9 Å². The van der Waals surface area contributed by atoms with Crippen LogP contribution in [0.15, 0.2) is 17.2 Å². The molecule has 1 aliphatic rings. The molecule has 0 radical (unpaired) electrons. The van der Waals surface area contributed by atoms with Crippen molar-refractivity contribution < 1.29 is 13.2 Å². The van der Waals surface area contributed by atoms with Gasteiger partial charge in [0.05, 0.1) is 0 Å². The van der Waals surface area contributed by atoms with Crippen molar-refractivity contribution in [3.8, 4) is 0 Å². The number of likely N-dealkylation sites (tertiary alicyclic amines) is 1. The molecular weight excluding hydrogens is 290 g/mol. The van der Waals surface area contributed by atoms with Gasteiger partial charge in [0.1, 0.15) is 10.6 Å². The van der Waals surface area contributed by atoms with Crippen LogP contribution < -0.4 is 5.14 Å². The van der Waals surface area contributed by atoms with Crippen LogP contribution in [0.5, 0.6) is 0 Å². The Bertz CT molecular complexity index is 621. The molecule has 6 nitrogen and oxygen atoms in total. The van der Waals surface area contributed by atoms with Crippen molar-refractivity contribution in [3.63, 3.8) is 0 Å². The lowest BCUT2D eigenvalue weighted by atomic mass is 9.98. The molecule has 7 heteroatoms. The number of aromatic nitrogens is 1. The number of amides is 1. The van der Waals surface area contributed by atoms with Crippen LogP contribution in [0.3, 0.4) is 0 Å². The lowest BCUT2D eigenvalue weighted by Crippen LogP contribution is -2.33. The number of hydrogen-bond acceptors (Lipinski definition) is 3. The van der Waals surface area contributed by atoms with Crippen molar-refractivity contribution in [1.29, 1.82) is 0 Å². The quantitative estimate of drug-likeness (QED) is 0.913. The molecule has 1 fully saturated rings. The number of aryl methyl sites for hydroxylation is 1. The van der Waals surface area contributed by atoms with E-state index in [4.69, 9.17) is 5.14 Å². The summed E-state index contributed by atoms with van der Waals surface area (Å²) >= 11 is 0. The highest BCUT2D eigenvalue weighted by Crippen LogP contribution is 2.22. The number of nitrogens with zero attached hydrogens (tertiary/aromatic N) is 2. The van der Waals surface area contributed by atoms with Crippen LogP contribution in [0.2, 0.25) is 0 Å². The monoisotopic (exact) mass is 313 g/mol. The van der Waals surface area contributed by atoms with E-state index >= 15 is 0 Å². The Hall–Kier alpha value is -1.34. The summed E-state index contributed by atoms with van der Waals surface area (Å²) in [6, 6.07) is 1.36. The number of sulfonamides is 1. The number of carbonyl (C=O) groups is 1. The van der Waals surface area contributed by atoms with Gasteiger partial charge in [-0.3, -0.25) is 4.79 Å². The molecule has 1 unspecified atom stereocenters. The van der Waals surface area contributed by atoms with Gasteiger partial charge in [-0.15, -0.1) is 0 Å². The second-order valence-corrected chi connectivity index (χ2v) is 7.28. The molecule has 1 amide bonds. The molecule has 118 valence electrons. The highest BCUT2D eigenvalue weighted by molar-refractivity contribution is 7.89. The highest BCUT2D eigenvalue weighted by Gasteiger charge is 2.24. The van der Waals surface area contributed by atoms with Crippen molar-refractivity contribution in [2.75, 3.05) is 13.1 Å². The van der Waals surface area contributed by atoms with Crippen LogP contribution in [0.4, 0.5) is 0 Å². The minimum Gasteiger partial charge on any atom is -0.345 e. The summed E-state index contributed by atoms with van der Waals surface area (Å²) < 4.78 is 24.3. The van der Waals surface area contributed by atoms with E-state index in [1.54, 1.807) is 7.05 Å². The minimum absolute atomic E-state index is 0.0189. The maximum Gasteiger partial charge on any atom is 0.270 e. The molecule has 1 aromatic rings. The Morgan fingerprint density at radius 1 is 1.38 bits per heavy atom. The largest absolute Gasteiger partial charge is 0.345 e. The molecule has 1 aromatic heterocycles. The molecule has 1 saturated heterocycles. The van der Waals surface area contributed by atoms with Gasteiger partial charge in [-0.1, -0.05) is 13.3 Å². The third-order valence-corrected chi connectivity index (χ3v) is 5.12. The predicted octanol–water partition coefficient (Wildman–Crippen LogP) is 1.32. The molecule has 0 saturated carbocycles. The lowest BCUT2D eigenvalue weighted by molar-refractivity contribution is 0.0750. The molecule has 1 aliphatic heterocycles. The molecule has 0 aromatic carbocycles. The molecule has 1 atom stereocenters. The van der Waals surface area contributed by atoms with E-state index in [1.165, 1.54) is 16.8 Å². The van der Waals surface area contributed by atoms with Crippen molar-refractivity contribution in [3.05, 3.63) is 18.0 Å². The third-order valence-electron chi connectivity index (χ3n) is 4.24. The topological polar surface area (TPSA) is 85.4 Å². The summed E-state index contributed by atoms with van der Waals surface area (Å²) in [5.41, 5.74) is 0.369. The minimum atomic E-state index is -3.78. The van der Waals surface area contributed by atoms with Gasteiger partial charge >= 0.3 is 0 Å². The SMILES string of the molecule is CCC1CCCN(C(=O)c2cc(S(N)(=O)=O)cn2C)CC1. The van der Waals surface area contributed by atoms with E-state index in [9.17, 15) is 13.2 Å². The van der Waals surface area contributed by atoms with Crippen LogP contribution in [-0.2, 0) is 17.1 Å². The number of carbonyl (C=O) groups excluding carboxylic acids is 1. The van der Waals surface area contributed by atoms with Gasteiger partial charge in [0.25, 0.3) is 5.91 Å². The normalized spacial score (nSPS) is 20.3. The zero-order valence-corrected chi connectivity index (χ0v) is 13.4. The van der Waals surface area contributed by atoms with Crippen molar-refractivity contribution >= 4 is 15.9 Å². The summed E-state index contributed by atoms with van der Waals surface area (Å²) in [6.45, 7) is 3.64. The average Bonchev–Trinajstić information content (AvgIpc) is 2.67. The van der Waals surface area contributed by atoms with E-state index < -0.39 is 10.0 Å². The predicted molar refractivity (Wildman–Crippen MR) is 80.3 cm³/mol. The van der Waals surface area contributed by atoms with E-state index in [0.29, 0.717) is 11.6 Å². The van der Waals surface area contributed by atoms with Gasteiger partial charge in [-0.05, 0) is 31.2 Å². The van der Waals surface area contributed by atoms with E-state index in [1.807, 2.05) is 4.90 Å². The lowest BCUT2D eigenvalue weighted by Gasteiger charge is -2.20. The number of hydrogen-bond donors (Lipinski definition) is 1. The van der Waals surface area contributed by atoms with Gasteiger partial charge < -0.3 is 9.47 Å². The Morgan fingerprint density at radius 3 is 2.67 bits per heavy atom. The van der Waals surface area contributed by atoms with E-state index in [-0.39, 0.29) is 10.8 Å². The smallest absolute Gasteiger partial charge is 0.270 e. The molecule has 0 spiro atoms. The Labute approximate surface area is 126 Å². The number of primary sulfonamides is 1. The first-order valence-corrected chi connectivity index (χ1v) is 8.86. The fourth-order valence-corrected chi connectivity index (χ4v) is 3.42. The number of nitrogens with two attached hydrogens (primary N) is 1. The summed E-state index contributed by atoms with van der Waals surface area (Å²) in [6.07, 6.45) is 5.68. The van der Waals surface area contributed by atoms with Crippen LogP contribution in [0, 0.1) is 5.92 Å². The second-order valence-electron chi connectivity index (χ2n) is 5.71. The fourth-order valence-electron chi connectivity index (χ4n) is 2.84. The summed E-state index contributed by atoms with van der Waals surface area (Å²) in [7, 11) is -2.12. The third kappa shape index (κ3) is 3.65. The Balaban J connectivity index is 2.18. The van der Waals surface area contributed by atoms with Crippen molar-refractivity contribution in [2.45, 2.75) is 37.5 Å².